The molecule has 5 aromatic heterocycles. The van der Waals surface area contributed by atoms with E-state index >= 15 is 0 Å². The van der Waals surface area contributed by atoms with E-state index in [0.29, 0.717) is 40.5 Å². The number of benzene rings is 9. The number of fused-ring (bicyclic) bond motifs is 6. The Morgan fingerprint density at radius 2 is 0.632 bits per heavy atom. The zero-order chi connectivity index (χ0) is 50.5. The summed E-state index contributed by atoms with van der Waals surface area (Å²) in [7, 11) is 0. The van der Waals surface area contributed by atoms with Gasteiger partial charge in [0.1, 0.15) is 0 Å². The molecule has 10 heteroatoms. The minimum absolute atomic E-state index is 0.539. The molecule has 0 fully saturated rings. The molecule has 0 aliphatic heterocycles. The molecular formula is C66H40N10. The molecule has 354 valence electrons. The molecule has 0 N–H and O–H groups in total. The lowest BCUT2D eigenvalue weighted by Gasteiger charge is -2.20. The van der Waals surface area contributed by atoms with E-state index in [1.165, 1.54) is 0 Å². The van der Waals surface area contributed by atoms with Crippen molar-refractivity contribution in [3.63, 3.8) is 0 Å². The number of hydrogen-bond donors (Lipinski definition) is 0. The second-order valence-corrected chi connectivity index (χ2v) is 18.5. The number of pyridine rings is 1. The molecule has 14 aromatic rings. The van der Waals surface area contributed by atoms with Gasteiger partial charge in [0.2, 0.25) is 0 Å². The maximum absolute atomic E-state index is 10.4. The smallest absolute Gasteiger partial charge is 0.164 e. The van der Waals surface area contributed by atoms with Crippen molar-refractivity contribution in [3.05, 3.63) is 248 Å². The van der Waals surface area contributed by atoms with Gasteiger partial charge in [0.15, 0.2) is 34.9 Å². The van der Waals surface area contributed by atoms with E-state index in [-0.39, 0.29) is 0 Å². The summed E-state index contributed by atoms with van der Waals surface area (Å²) < 4.78 is 4.58. The first-order valence-corrected chi connectivity index (χ1v) is 24.9. The monoisotopic (exact) mass is 972 g/mol. The third-order valence-electron chi connectivity index (χ3n) is 13.9. The molecule has 0 atom stereocenters. The summed E-state index contributed by atoms with van der Waals surface area (Å²) >= 11 is 0. The molecule has 9 aromatic carbocycles. The van der Waals surface area contributed by atoms with Gasteiger partial charge in [0.05, 0.1) is 57.5 Å². The molecule has 14 rings (SSSR count). The van der Waals surface area contributed by atoms with Gasteiger partial charge in [-0.15, -0.1) is 0 Å². The van der Waals surface area contributed by atoms with E-state index < -0.39 is 0 Å². The summed E-state index contributed by atoms with van der Waals surface area (Å²) in [5.74, 6) is 3.43. The maximum atomic E-state index is 10.4. The molecular weight excluding hydrogens is 933 g/mol. The highest BCUT2D eigenvalue weighted by molar-refractivity contribution is 6.13. The molecule has 5 heterocycles. The van der Waals surface area contributed by atoms with E-state index in [9.17, 15) is 5.26 Å². The number of rotatable bonds is 9. The lowest BCUT2D eigenvalue weighted by Crippen LogP contribution is -2.05. The summed E-state index contributed by atoms with van der Waals surface area (Å²) in [4.78, 5) is 35.6. The fourth-order valence-corrected chi connectivity index (χ4v) is 10.4. The number of hydrogen-bond acceptors (Lipinski definition) is 8. The Kier molecular flexibility index (Phi) is 10.6. The molecule has 0 spiro atoms. The van der Waals surface area contributed by atoms with E-state index in [2.05, 4.69) is 106 Å². The SMILES string of the molecule is N#Cc1cccc(-c2c(-n3c4ccccc4c4ccc(-c5nc(-c6ccccc6)nc(-c6ccccc6)n5)cc43)cncc2-n2c3ccccc3c3ccc(-c4nc(-c5ccccc5)nc(-c5ccccc5)n4)cc32)c1. The topological polar surface area (TPSA) is 124 Å². The van der Waals surface area contributed by atoms with Crippen molar-refractivity contribution in [2.24, 2.45) is 0 Å². The van der Waals surface area contributed by atoms with Crippen molar-refractivity contribution in [3.8, 4) is 96.9 Å². The Morgan fingerprint density at radius 1 is 0.289 bits per heavy atom. The van der Waals surface area contributed by atoms with Crippen molar-refractivity contribution in [1.29, 1.82) is 5.26 Å². The van der Waals surface area contributed by atoms with E-state index in [1.54, 1.807) is 0 Å². The van der Waals surface area contributed by atoms with Gasteiger partial charge in [-0.1, -0.05) is 194 Å². The average Bonchev–Trinajstić information content (AvgIpc) is 4.03. The van der Waals surface area contributed by atoms with Crippen LogP contribution in [-0.2, 0) is 0 Å². The van der Waals surface area contributed by atoms with E-state index in [1.807, 2.05) is 152 Å². The molecule has 0 aliphatic carbocycles. The van der Waals surface area contributed by atoms with Crippen LogP contribution < -0.4 is 0 Å². The van der Waals surface area contributed by atoms with Crippen molar-refractivity contribution >= 4 is 43.6 Å². The Morgan fingerprint density at radius 3 is 1.03 bits per heavy atom. The number of para-hydroxylation sites is 2. The first kappa shape index (κ1) is 44.0. The number of nitrogens with zero attached hydrogens (tertiary/aromatic N) is 10. The Labute approximate surface area is 436 Å². The van der Waals surface area contributed by atoms with Gasteiger partial charge in [0, 0.05) is 60.5 Å². The van der Waals surface area contributed by atoms with Crippen molar-refractivity contribution in [2.45, 2.75) is 0 Å². The highest BCUT2D eigenvalue weighted by Crippen LogP contribution is 2.43. The van der Waals surface area contributed by atoms with Gasteiger partial charge in [0.25, 0.3) is 0 Å². The normalized spacial score (nSPS) is 11.4. The van der Waals surface area contributed by atoms with Gasteiger partial charge in [-0.3, -0.25) is 4.98 Å². The van der Waals surface area contributed by atoms with Crippen LogP contribution in [0, 0.1) is 11.3 Å². The molecule has 0 saturated heterocycles. The van der Waals surface area contributed by atoms with Crippen LogP contribution in [0.1, 0.15) is 5.56 Å². The molecule has 0 aliphatic rings. The van der Waals surface area contributed by atoms with Crippen LogP contribution in [0.2, 0.25) is 0 Å². The molecule has 0 unspecified atom stereocenters. The molecule has 76 heavy (non-hydrogen) atoms. The Hall–Kier alpha value is -10.8. The van der Waals surface area contributed by atoms with Crippen LogP contribution in [0.25, 0.3) is 134 Å². The van der Waals surface area contributed by atoms with Crippen molar-refractivity contribution in [2.75, 3.05) is 0 Å². The van der Waals surface area contributed by atoms with Gasteiger partial charge in [-0.2, -0.15) is 5.26 Å². The highest BCUT2D eigenvalue weighted by atomic mass is 15.1. The summed E-state index contributed by atoms with van der Waals surface area (Å²) in [5.41, 5.74) is 13.0. The van der Waals surface area contributed by atoms with Crippen LogP contribution in [0.3, 0.4) is 0 Å². The van der Waals surface area contributed by atoms with Crippen LogP contribution in [0.15, 0.2) is 243 Å². The zero-order valence-electron chi connectivity index (χ0n) is 40.6. The summed E-state index contributed by atoms with van der Waals surface area (Å²) in [6.07, 6.45) is 3.86. The van der Waals surface area contributed by atoms with Crippen molar-refractivity contribution in [1.82, 2.24) is 44.0 Å². The van der Waals surface area contributed by atoms with E-state index in [0.717, 1.165) is 99.5 Å². The minimum Gasteiger partial charge on any atom is -0.307 e. The quantitative estimate of drug-likeness (QED) is 0.140. The summed E-state index contributed by atoms with van der Waals surface area (Å²) in [6.45, 7) is 0. The zero-order valence-corrected chi connectivity index (χ0v) is 40.6. The molecule has 0 bridgehead atoms. The van der Waals surface area contributed by atoms with Gasteiger partial charge >= 0.3 is 0 Å². The summed E-state index contributed by atoms with van der Waals surface area (Å²) in [6, 6.07) is 80.1. The Balaban J connectivity index is 1.02. The first-order chi connectivity index (χ1) is 37.6. The van der Waals surface area contributed by atoms with Crippen LogP contribution >= 0.6 is 0 Å². The third-order valence-corrected chi connectivity index (χ3v) is 13.9. The Bertz CT molecular complexity index is 4210. The predicted octanol–water partition coefficient (Wildman–Crippen LogP) is 15.2. The predicted molar refractivity (Wildman–Crippen MR) is 302 cm³/mol. The maximum Gasteiger partial charge on any atom is 0.164 e. The van der Waals surface area contributed by atoms with Crippen molar-refractivity contribution < 1.29 is 0 Å². The fraction of sp³-hybridized carbons (Fsp3) is 0. The van der Waals surface area contributed by atoms with E-state index in [4.69, 9.17) is 34.9 Å². The molecule has 10 nitrogen and oxygen atoms in total. The fourth-order valence-electron chi connectivity index (χ4n) is 10.4. The molecule has 0 amide bonds. The van der Waals surface area contributed by atoms with Crippen LogP contribution in [0.4, 0.5) is 0 Å². The highest BCUT2D eigenvalue weighted by Gasteiger charge is 2.24. The lowest BCUT2D eigenvalue weighted by atomic mass is 10.0. The number of aromatic nitrogens is 9. The summed E-state index contributed by atoms with van der Waals surface area (Å²) in [5, 5.41) is 14.7. The van der Waals surface area contributed by atoms with Crippen LogP contribution in [0.5, 0.6) is 0 Å². The first-order valence-electron chi connectivity index (χ1n) is 24.9. The largest absolute Gasteiger partial charge is 0.307 e. The molecule has 0 radical (unpaired) electrons. The number of nitriles is 1. The van der Waals surface area contributed by atoms with Gasteiger partial charge in [-0.25, -0.2) is 29.9 Å². The van der Waals surface area contributed by atoms with Gasteiger partial charge < -0.3 is 9.13 Å². The lowest BCUT2D eigenvalue weighted by molar-refractivity contribution is 1.07. The standard InChI is InChI=1S/C66H40N10/c67-39-42-18-17-27-47(36-42)60-58(75-54-30-15-13-28-50(54)52-34-32-48(37-56(52)75)65-71-61(43-19-5-1-6-20-43)69-62(72-65)44-21-7-2-8-22-44)40-68-41-59(60)76-55-31-16-14-29-51(55)53-35-33-49(38-57(53)76)66-73-63(45-23-9-3-10-24-45)70-64(74-66)46-25-11-4-12-26-46/h1-38,40-41H. The van der Waals surface area contributed by atoms with Gasteiger partial charge in [-0.05, 0) is 42.0 Å². The van der Waals surface area contributed by atoms with Crippen LogP contribution in [-0.4, -0.2) is 44.0 Å². The molecule has 0 saturated carbocycles. The average molecular weight is 973 g/mol. The minimum atomic E-state index is 0.539. The second kappa shape index (κ2) is 18.4. The third kappa shape index (κ3) is 7.63. The second-order valence-electron chi connectivity index (χ2n) is 18.5.